The largest absolute Gasteiger partial charge is 0.395 e. The van der Waals surface area contributed by atoms with E-state index in [0.717, 1.165) is 24.5 Å². The zero-order valence-electron chi connectivity index (χ0n) is 13.0. The molecule has 0 aliphatic carbocycles. The van der Waals surface area contributed by atoms with Crippen LogP contribution in [0.4, 0.5) is 0 Å². The van der Waals surface area contributed by atoms with Gasteiger partial charge in [-0.05, 0) is 5.56 Å². The fourth-order valence-electron chi connectivity index (χ4n) is 2.73. The van der Waals surface area contributed by atoms with Crippen LogP contribution in [0.2, 0.25) is 0 Å². The van der Waals surface area contributed by atoms with Gasteiger partial charge in [-0.3, -0.25) is 9.69 Å². The smallest absolute Gasteiger partial charge is 0.265 e. The second-order valence-electron chi connectivity index (χ2n) is 5.64. The number of hydrogen-bond acceptors (Lipinski definition) is 5. The Kier molecular flexibility index (Phi) is 5.38. The molecule has 23 heavy (non-hydrogen) atoms. The van der Waals surface area contributed by atoms with Crippen molar-refractivity contribution in [1.82, 2.24) is 14.8 Å². The van der Waals surface area contributed by atoms with E-state index in [1.807, 2.05) is 23.1 Å². The Morgan fingerprint density at radius 3 is 2.61 bits per heavy atom. The summed E-state index contributed by atoms with van der Waals surface area (Å²) in [7, 11) is 0. The molecular formula is C17H21N3O2S. The molecule has 1 N–H and O–H groups in total. The monoisotopic (exact) mass is 331 g/mol. The van der Waals surface area contributed by atoms with Gasteiger partial charge in [-0.25, -0.2) is 4.98 Å². The molecule has 122 valence electrons. The summed E-state index contributed by atoms with van der Waals surface area (Å²) in [6.45, 7) is 3.93. The number of β-amino-alcohol motifs (C(OH)–C–C–N with tert-alkyl or cyclic N) is 1. The molecule has 2 aromatic rings. The molecule has 0 unspecified atom stereocenters. The number of aliphatic hydroxyl groups is 1. The highest BCUT2D eigenvalue weighted by Gasteiger charge is 2.23. The lowest BCUT2D eigenvalue weighted by atomic mass is 10.2. The highest BCUT2D eigenvalue weighted by atomic mass is 32.1. The van der Waals surface area contributed by atoms with E-state index < -0.39 is 0 Å². The first kappa shape index (κ1) is 16.1. The summed E-state index contributed by atoms with van der Waals surface area (Å²) in [6, 6.07) is 10.2. The van der Waals surface area contributed by atoms with Crippen LogP contribution in [0.15, 0.2) is 36.5 Å². The normalized spacial score (nSPS) is 15.8. The highest BCUT2D eigenvalue weighted by molar-refractivity contribution is 7.13. The summed E-state index contributed by atoms with van der Waals surface area (Å²) in [5.74, 6) is 0.0745. The van der Waals surface area contributed by atoms with Crippen molar-refractivity contribution in [2.24, 2.45) is 0 Å². The molecule has 0 atom stereocenters. The predicted octanol–water partition coefficient (Wildman–Crippen LogP) is 1.48. The first-order valence-corrected chi connectivity index (χ1v) is 8.69. The molecule has 0 radical (unpaired) electrons. The Morgan fingerprint density at radius 2 is 1.91 bits per heavy atom. The number of nitrogens with zero attached hydrogens (tertiary/aromatic N) is 3. The first-order valence-electron chi connectivity index (χ1n) is 7.87. The lowest BCUT2D eigenvalue weighted by Gasteiger charge is -2.34. The second kappa shape index (κ2) is 7.68. The molecule has 6 heteroatoms. The average Bonchev–Trinajstić information content (AvgIpc) is 3.05. The highest BCUT2D eigenvalue weighted by Crippen LogP contribution is 2.19. The number of thiazole rings is 1. The fourth-order valence-corrected chi connectivity index (χ4v) is 3.65. The fraction of sp³-hybridized carbons (Fsp3) is 0.412. The van der Waals surface area contributed by atoms with Crippen molar-refractivity contribution in [3.05, 3.63) is 52.0 Å². The lowest BCUT2D eigenvalue weighted by molar-refractivity contribution is 0.0619. The Labute approximate surface area is 140 Å². The number of carbonyl (C=O) groups is 1. The molecule has 1 aliphatic rings. The number of hydrogen-bond donors (Lipinski definition) is 1. The molecule has 0 bridgehead atoms. The van der Waals surface area contributed by atoms with Crippen molar-refractivity contribution in [2.75, 3.05) is 39.3 Å². The molecule has 0 saturated carbocycles. The molecule has 0 spiro atoms. The van der Waals surface area contributed by atoms with Gasteiger partial charge in [0.2, 0.25) is 0 Å². The molecule has 1 saturated heterocycles. The van der Waals surface area contributed by atoms with E-state index in [1.165, 1.54) is 16.9 Å². The number of amides is 1. The maximum Gasteiger partial charge on any atom is 0.265 e. The summed E-state index contributed by atoms with van der Waals surface area (Å²) >= 11 is 1.48. The quantitative estimate of drug-likeness (QED) is 0.902. The van der Waals surface area contributed by atoms with Crippen molar-refractivity contribution in [3.63, 3.8) is 0 Å². The van der Waals surface area contributed by atoms with Crippen LogP contribution < -0.4 is 0 Å². The van der Waals surface area contributed by atoms with Crippen LogP contribution in [0, 0.1) is 0 Å². The van der Waals surface area contributed by atoms with E-state index in [4.69, 9.17) is 5.11 Å². The van der Waals surface area contributed by atoms with Crippen molar-refractivity contribution in [3.8, 4) is 0 Å². The Bertz CT molecular complexity index is 636. The minimum Gasteiger partial charge on any atom is -0.395 e. The number of aromatic nitrogens is 1. The van der Waals surface area contributed by atoms with Crippen molar-refractivity contribution in [1.29, 1.82) is 0 Å². The molecule has 2 heterocycles. The van der Waals surface area contributed by atoms with E-state index in [1.54, 1.807) is 6.20 Å². The standard InChI is InChI=1S/C17H21N3O2S/c21-11-10-19-6-8-20(9-7-19)17(22)15-13-18-16(23-15)12-14-4-2-1-3-5-14/h1-5,13,21H,6-12H2. The first-order chi connectivity index (χ1) is 11.3. The maximum atomic E-state index is 12.6. The van der Waals surface area contributed by atoms with Crippen LogP contribution in [-0.2, 0) is 6.42 Å². The zero-order chi connectivity index (χ0) is 16.1. The van der Waals surface area contributed by atoms with Gasteiger partial charge in [-0.1, -0.05) is 30.3 Å². The van der Waals surface area contributed by atoms with Gasteiger partial charge in [-0.2, -0.15) is 0 Å². The molecule has 1 aromatic carbocycles. The Balaban J connectivity index is 1.58. The summed E-state index contributed by atoms with van der Waals surface area (Å²) in [4.78, 5) is 21.7. The number of carbonyl (C=O) groups excluding carboxylic acids is 1. The van der Waals surface area contributed by atoms with E-state index in [0.29, 0.717) is 24.5 Å². The summed E-state index contributed by atoms with van der Waals surface area (Å²) in [5.41, 5.74) is 1.21. The SMILES string of the molecule is O=C(c1cnc(Cc2ccccc2)s1)N1CCN(CCO)CC1. The van der Waals surface area contributed by atoms with Gasteiger partial charge in [-0.15, -0.1) is 11.3 Å². The summed E-state index contributed by atoms with van der Waals surface area (Å²) in [5, 5.41) is 9.94. The average molecular weight is 331 g/mol. The third kappa shape index (κ3) is 4.16. The molecule has 3 rings (SSSR count). The zero-order valence-corrected chi connectivity index (χ0v) is 13.8. The molecule has 5 nitrogen and oxygen atoms in total. The Morgan fingerprint density at radius 1 is 1.17 bits per heavy atom. The van der Waals surface area contributed by atoms with E-state index in [-0.39, 0.29) is 12.5 Å². The van der Waals surface area contributed by atoms with Crippen molar-refractivity contribution in [2.45, 2.75) is 6.42 Å². The van der Waals surface area contributed by atoms with Gasteiger partial charge in [0.1, 0.15) is 4.88 Å². The molecule has 1 aliphatic heterocycles. The number of rotatable bonds is 5. The van der Waals surface area contributed by atoms with Gasteiger partial charge in [0.25, 0.3) is 5.91 Å². The van der Waals surface area contributed by atoms with Crippen LogP contribution >= 0.6 is 11.3 Å². The third-order valence-electron chi connectivity index (χ3n) is 4.04. The van der Waals surface area contributed by atoms with Gasteiger partial charge in [0.05, 0.1) is 17.8 Å². The number of aliphatic hydroxyl groups excluding tert-OH is 1. The van der Waals surface area contributed by atoms with Gasteiger partial charge < -0.3 is 10.0 Å². The lowest BCUT2D eigenvalue weighted by Crippen LogP contribution is -2.49. The second-order valence-corrected chi connectivity index (χ2v) is 6.75. The van der Waals surface area contributed by atoms with Gasteiger partial charge in [0.15, 0.2) is 0 Å². The maximum absolute atomic E-state index is 12.6. The van der Waals surface area contributed by atoms with Crippen molar-refractivity contribution < 1.29 is 9.90 Å². The predicted molar refractivity (Wildman–Crippen MR) is 90.8 cm³/mol. The molecular weight excluding hydrogens is 310 g/mol. The van der Waals surface area contributed by atoms with Crippen LogP contribution in [-0.4, -0.2) is 65.1 Å². The van der Waals surface area contributed by atoms with Gasteiger partial charge >= 0.3 is 0 Å². The molecule has 1 aromatic heterocycles. The van der Waals surface area contributed by atoms with Crippen LogP contribution in [0.3, 0.4) is 0 Å². The minimum absolute atomic E-state index is 0.0745. The van der Waals surface area contributed by atoms with Crippen LogP contribution in [0.1, 0.15) is 20.2 Å². The Hall–Kier alpha value is -1.76. The minimum atomic E-state index is 0.0745. The van der Waals surface area contributed by atoms with Crippen LogP contribution in [0.25, 0.3) is 0 Å². The topological polar surface area (TPSA) is 56.7 Å². The van der Waals surface area contributed by atoms with Gasteiger partial charge in [0, 0.05) is 39.1 Å². The van der Waals surface area contributed by atoms with E-state index in [2.05, 4.69) is 22.0 Å². The molecule has 1 fully saturated rings. The molecule has 1 amide bonds. The van der Waals surface area contributed by atoms with E-state index in [9.17, 15) is 4.79 Å². The number of benzene rings is 1. The van der Waals surface area contributed by atoms with Crippen molar-refractivity contribution >= 4 is 17.2 Å². The number of piperazine rings is 1. The summed E-state index contributed by atoms with van der Waals surface area (Å²) < 4.78 is 0. The summed E-state index contributed by atoms with van der Waals surface area (Å²) in [6.07, 6.45) is 2.47. The third-order valence-corrected chi connectivity index (χ3v) is 5.02. The van der Waals surface area contributed by atoms with E-state index >= 15 is 0 Å². The van der Waals surface area contributed by atoms with Crippen LogP contribution in [0.5, 0.6) is 0 Å².